The largest absolute Gasteiger partial charge is 0.318 e. The van der Waals surface area contributed by atoms with Gasteiger partial charge in [0.1, 0.15) is 11.4 Å². The second-order valence-electron chi connectivity index (χ2n) is 6.61. The molecular formula is C22H18FN3O2. The fourth-order valence-corrected chi connectivity index (χ4v) is 3.39. The number of nitrogens with one attached hydrogen (secondary N) is 1. The summed E-state index contributed by atoms with van der Waals surface area (Å²) in [4.78, 5) is 25.1. The lowest BCUT2D eigenvalue weighted by molar-refractivity contribution is -0.117. The lowest BCUT2D eigenvalue weighted by Crippen LogP contribution is -2.35. The van der Waals surface area contributed by atoms with Crippen LogP contribution in [-0.4, -0.2) is 16.4 Å². The minimum Gasteiger partial charge on any atom is -0.318 e. The molecule has 5 nitrogen and oxygen atoms in total. The number of hydrogen-bond acceptors (Lipinski definition) is 2. The third kappa shape index (κ3) is 2.99. The molecule has 1 saturated heterocycles. The van der Waals surface area contributed by atoms with Crippen LogP contribution in [0.1, 0.15) is 17.0 Å². The predicted octanol–water partition coefficient (Wildman–Crippen LogP) is 3.69. The number of rotatable bonds is 3. The Kier molecular flexibility index (Phi) is 4.31. The summed E-state index contributed by atoms with van der Waals surface area (Å²) in [5, 5.41) is 1.24. The average molecular weight is 375 g/mol. The zero-order chi connectivity index (χ0) is 19.8. The van der Waals surface area contributed by atoms with E-state index in [4.69, 9.17) is 0 Å². The predicted molar refractivity (Wildman–Crippen MR) is 105 cm³/mol. The topological polar surface area (TPSA) is 54.3 Å². The molecule has 3 aromatic rings. The number of aromatic nitrogens is 1. The Morgan fingerprint density at radius 2 is 1.61 bits per heavy atom. The molecule has 0 bridgehead atoms. The summed E-state index contributed by atoms with van der Waals surface area (Å²) < 4.78 is 15.2. The summed E-state index contributed by atoms with van der Waals surface area (Å²) in [6.45, 7) is 3.82. The molecule has 6 heteroatoms. The summed E-state index contributed by atoms with van der Waals surface area (Å²) in [7, 11) is 0. The smallest absolute Gasteiger partial charge is 0.282 e. The first-order valence-corrected chi connectivity index (χ1v) is 8.83. The van der Waals surface area contributed by atoms with Crippen molar-refractivity contribution < 1.29 is 14.0 Å². The van der Waals surface area contributed by atoms with Crippen LogP contribution in [0.2, 0.25) is 0 Å². The zero-order valence-corrected chi connectivity index (χ0v) is 15.4. The molecule has 0 atom stereocenters. The number of benzene rings is 2. The number of aryl methyl sites for hydroxylation is 1. The number of amides is 2. The fourth-order valence-electron chi connectivity index (χ4n) is 3.39. The zero-order valence-electron chi connectivity index (χ0n) is 15.4. The van der Waals surface area contributed by atoms with Crippen LogP contribution in [-0.2, 0) is 9.59 Å². The SMILES string of the molecule is Cc1cc(C=C2C(=O)NN(c3ccccc3)C2=O)c(C)n1-c1ccc(F)cc1. The molecule has 0 unspecified atom stereocenters. The molecule has 0 aliphatic carbocycles. The molecule has 2 amide bonds. The van der Waals surface area contributed by atoms with E-state index in [1.165, 1.54) is 17.1 Å². The van der Waals surface area contributed by atoms with Gasteiger partial charge < -0.3 is 4.57 Å². The van der Waals surface area contributed by atoms with Gasteiger partial charge in [0.2, 0.25) is 0 Å². The summed E-state index contributed by atoms with van der Waals surface area (Å²) in [5.74, 6) is -1.15. The summed E-state index contributed by atoms with van der Waals surface area (Å²) in [6.07, 6.45) is 1.60. The number of anilines is 1. The highest BCUT2D eigenvalue weighted by atomic mass is 19.1. The van der Waals surface area contributed by atoms with Gasteiger partial charge in [-0.05, 0) is 68.0 Å². The molecule has 140 valence electrons. The Labute approximate surface area is 161 Å². The maximum Gasteiger partial charge on any atom is 0.282 e. The third-order valence-electron chi connectivity index (χ3n) is 4.76. The van der Waals surface area contributed by atoms with E-state index in [2.05, 4.69) is 5.43 Å². The molecule has 0 spiro atoms. The molecule has 2 aromatic carbocycles. The molecule has 4 rings (SSSR count). The van der Waals surface area contributed by atoms with Crippen LogP contribution in [0.4, 0.5) is 10.1 Å². The van der Waals surface area contributed by atoms with E-state index in [-0.39, 0.29) is 11.4 Å². The van der Waals surface area contributed by atoms with Crippen molar-refractivity contribution in [3.05, 3.63) is 89.0 Å². The van der Waals surface area contributed by atoms with Crippen molar-refractivity contribution in [2.45, 2.75) is 13.8 Å². The second-order valence-corrected chi connectivity index (χ2v) is 6.61. The molecule has 1 aliphatic rings. The van der Waals surface area contributed by atoms with Crippen LogP contribution >= 0.6 is 0 Å². The number of hydrazine groups is 1. The van der Waals surface area contributed by atoms with Gasteiger partial charge in [-0.3, -0.25) is 15.0 Å². The first-order valence-electron chi connectivity index (χ1n) is 8.83. The molecule has 2 heterocycles. The van der Waals surface area contributed by atoms with Crippen LogP contribution in [0.5, 0.6) is 0 Å². The van der Waals surface area contributed by atoms with Crippen LogP contribution in [0.15, 0.2) is 66.2 Å². The number of carbonyl (C=O) groups excluding carboxylic acids is 2. The van der Waals surface area contributed by atoms with Crippen molar-refractivity contribution in [2.75, 3.05) is 5.01 Å². The maximum absolute atomic E-state index is 13.2. The van der Waals surface area contributed by atoms with Crippen LogP contribution in [0, 0.1) is 19.7 Å². The Hall–Kier alpha value is -3.67. The Morgan fingerprint density at radius 3 is 2.29 bits per heavy atom. The van der Waals surface area contributed by atoms with Crippen molar-refractivity contribution in [1.29, 1.82) is 0 Å². The van der Waals surface area contributed by atoms with Gasteiger partial charge >= 0.3 is 0 Å². The van der Waals surface area contributed by atoms with Crippen LogP contribution in [0.3, 0.4) is 0 Å². The van der Waals surface area contributed by atoms with Gasteiger partial charge in [-0.1, -0.05) is 18.2 Å². The Bertz CT molecular complexity index is 1100. The van der Waals surface area contributed by atoms with Crippen LogP contribution in [0.25, 0.3) is 11.8 Å². The number of nitrogens with zero attached hydrogens (tertiary/aromatic N) is 2. The molecule has 1 N–H and O–H groups in total. The maximum atomic E-state index is 13.2. The van der Waals surface area contributed by atoms with Gasteiger partial charge in [0, 0.05) is 17.1 Å². The Balaban J connectivity index is 1.71. The van der Waals surface area contributed by atoms with Crippen molar-refractivity contribution in [3.8, 4) is 5.69 Å². The van der Waals surface area contributed by atoms with Gasteiger partial charge in [-0.2, -0.15) is 0 Å². The molecule has 0 radical (unpaired) electrons. The summed E-state index contributed by atoms with van der Waals surface area (Å²) >= 11 is 0. The lowest BCUT2D eigenvalue weighted by atomic mass is 10.1. The molecule has 28 heavy (non-hydrogen) atoms. The summed E-state index contributed by atoms with van der Waals surface area (Å²) in [6, 6.07) is 17.0. The molecule has 1 aromatic heterocycles. The van der Waals surface area contributed by atoms with Crippen molar-refractivity contribution in [2.24, 2.45) is 0 Å². The minimum absolute atomic E-state index is 0.0724. The highest BCUT2D eigenvalue weighted by Crippen LogP contribution is 2.26. The molecular weight excluding hydrogens is 357 g/mol. The van der Waals surface area contributed by atoms with E-state index in [0.29, 0.717) is 5.69 Å². The second kappa shape index (κ2) is 6.81. The molecule has 1 aliphatic heterocycles. The number of halogens is 1. The molecule has 0 saturated carbocycles. The quantitative estimate of drug-likeness (QED) is 0.561. The highest BCUT2D eigenvalue weighted by Gasteiger charge is 2.34. The van der Waals surface area contributed by atoms with Crippen LogP contribution < -0.4 is 10.4 Å². The van der Waals surface area contributed by atoms with E-state index in [9.17, 15) is 14.0 Å². The highest BCUT2D eigenvalue weighted by molar-refractivity contribution is 6.31. The minimum atomic E-state index is -0.444. The van der Waals surface area contributed by atoms with E-state index < -0.39 is 11.8 Å². The van der Waals surface area contributed by atoms with E-state index in [0.717, 1.165) is 22.6 Å². The van der Waals surface area contributed by atoms with E-state index in [1.807, 2.05) is 30.5 Å². The normalized spacial score (nSPS) is 15.4. The third-order valence-corrected chi connectivity index (χ3v) is 4.76. The first-order chi connectivity index (χ1) is 13.5. The van der Waals surface area contributed by atoms with E-state index in [1.54, 1.807) is 42.5 Å². The monoisotopic (exact) mass is 375 g/mol. The first kappa shape index (κ1) is 17.7. The van der Waals surface area contributed by atoms with Gasteiger partial charge in [0.15, 0.2) is 0 Å². The van der Waals surface area contributed by atoms with Gasteiger partial charge in [-0.15, -0.1) is 0 Å². The number of para-hydroxylation sites is 1. The summed E-state index contributed by atoms with van der Waals surface area (Å²) in [5.41, 5.74) is 6.62. The van der Waals surface area contributed by atoms with Crippen molar-refractivity contribution >= 4 is 23.6 Å². The van der Waals surface area contributed by atoms with Gasteiger partial charge in [0.05, 0.1) is 5.69 Å². The van der Waals surface area contributed by atoms with Crippen molar-refractivity contribution in [3.63, 3.8) is 0 Å². The van der Waals surface area contributed by atoms with Gasteiger partial charge in [-0.25, -0.2) is 9.40 Å². The average Bonchev–Trinajstić information content (AvgIpc) is 3.13. The lowest BCUT2D eigenvalue weighted by Gasteiger charge is -2.13. The van der Waals surface area contributed by atoms with Gasteiger partial charge in [0.25, 0.3) is 11.8 Å². The van der Waals surface area contributed by atoms with E-state index >= 15 is 0 Å². The Morgan fingerprint density at radius 1 is 0.929 bits per heavy atom. The van der Waals surface area contributed by atoms with Crippen molar-refractivity contribution in [1.82, 2.24) is 9.99 Å². The number of hydrogen-bond donors (Lipinski definition) is 1. The standard InChI is InChI=1S/C22H18FN3O2/c1-14-12-16(15(2)25(14)18-10-8-17(23)9-11-18)13-20-21(27)24-26(22(20)28)19-6-4-3-5-7-19/h3-13H,1-2H3,(H,24,27). The fraction of sp³-hybridized carbons (Fsp3) is 0.0909. The molecule has 1 fully saturated rings. The number of carbonyl (C=O) groups is 2.